The number of halogens is 1. The van der Waals surface area contributed by atoms with E-state index in [1.54, 1.807) is 60.5 Å². The van der Waals surface area contributed by atoms with Crippen molar-refractivity contribution in [1.29, 1.82) is 0 Å². The standard InChI is InChI=1S/C28H26FN5O3S/c1-2-37-28(36)34-16-13-20(14-17-34)26-32-23(18-8-10-21(29)11-9-18)24(38-26)22-12-15-30-27(31-22)33-25(35)19-6-4-3-5-7-19/h3-12,15,20H,2,13-14,16-17H2,1H3,(H,30,31,33,35). The van der Waals surface area contributed by atoms with Gasteiger partial charge in [-0.15, -0.1) is 11.3 Å². The molecule has 0 radical (unpaired) electrons. The normalized spacial score (nSPS) is 13.8. The first-order chi connectivity index (χ1) is 18.5. The molecule has 1 aliphatic heterocycles. The van der Waals surface area contributed by atoms with Gasteiger partial charge in [0.15, 0.2) is 0 Å². The average Bonchev–Trinajstić information content (AvgIpc) is 3.40. The molecule has 5 rings (SSSR count). The average molecular weight is 532 g/mol. The Balaban J connectivity index is 1.44. The fourth-order valence-corrected chi connectivity index (χ4v) is 5.55. The Kier molecular flexibility index (Phi) is 7.69. The molecule has 10 heteroatoms. The Labute approximate surface area is 223 Å². The van der Waals surface area contributed by atoms with Gasteiger partial charge in [-0.05, 0) is 62.2 Å². The van der Waals surface area contributed by atoms with Crippen molar-refractivity contribution >= 4 is 29.3 Å². The van der Waals surface area contributed by atoms with Crippen LogP contribution in [0.5, 0.6) is 0 Å². The Morgan fingerprint density at radius 3 is 2.50 bits per heavy atom. The van der Waals surface area contributed by atoms with Crippen molar-refractivity contribution in [2.45, 2.75) is 25.7 Å². The first kappa shape index (κ1) is 25.5. The number of carbonyl (C=O) groups excluding carboxylic acids is 2. The van der Waals surface area contributed by atoms with Crippen molar-refractivity contribution in [3.8, 4) is 21.8 Å². The van der Waals surface area contributed by atoms with Gasteiger partial charge in [0.1, 0.15) is 5.82 Å². The monoisotopic (exact) mass is 531 g/mol. The first-order valence-electron chi connectivity index (χ1n) is 12.4. The van der Waals surface area contributed by atoms with Crippen LogP contribution >= 0.6 is 11.3 Å². The molecule has 38 heavy (non-hydrogen) atoms. The van der Waals surface area contributed by atoms with E-state index in [2.05, 4.69) is 15.3 Å². The van der Waals surface area contributed by atoms with Crippen LogP contribution in [-0.4, -0.2) is 51.5 Å². The van der Waals surface area contributed by atoms with Gasteiger partial charge in [-0.2, -0.15) is 0 Å². The zero-order valence-corrected chi connectivity index (χ0v) is 21.6. The number of ether oxygens (including phenoxy) is 1. The lowest BCUT2D eigenvalue weighted by atomic mass is 9.98. The minimum Gasteiger partial charge on any atom is -0.450 e. The molecule has 0 unspecified atom stereocenters. The number of hydrogen-bond acceptors (Lipinski definition) is 7. The Morgan fingerprint density at radius 1 is 1.05 bits per heavy atom. The second-order valence-electron chi connectivity index (χ2n) is 8.78. The third-order valence-electron chi connectivity index (χ3n) is 6.28. The molecule has 1 fully saturated rings. The number of piperidine rings is 1. The molecule has 0 aliphatic carbocycles. The third-order valence-corrected chi connectivity index (χ3v) is 7.52. The highest BCUT2D eigenvalue weighted by Crippen LogP contribution is 2.41. The summed E-state index contributed by atoms with van der Waals surface area (Å²) in [5, 5.41) is 3.68. The van der Waals surface area contributed by atoms with Crippen molar-refractivity contribution in [3.63, 3.8) is 0 Å². The number of amides is 2. The van der Waals surface area contributed by atoms with Crippen molar-refractivity contribution in [2.75, 3.05) is 25.0 Å². The fraction of sp³-hybridized carbons (Fsp3) is 0.250. The molecule has 2 aromatic carbocycles. The van der Waals surface area contributed by atoms with Gasteiger partial charge in [0, 0.05) is 36.3 Å². The van der Waals surface area contributed by atoms with Gasteiger partial charge in [0.05, 0.1) is 27.9 Å². The highest BCUT2D eigenvalue weighted by atomic mass is 32.1. The lowest BCUT2D eigenvalue weighted by Crippen LogP contribution is -2.38. The summed E-state index contributed by atoms with van der Waals surface area (Å²) in [4.78, 5) is 41.1. The van der Waals surface area contributed by atoms with Crippen molar-refractivity contribution in [2.24, 2.45) is 0 Å². The molecule has 0 atom stereocenters. The van der Waals surface area contributed by atoms with E-state index in [9.17, 15) is 14.0 Å². The van der Waals surface area contributed by atoms with Gasteiger partial charge in [-0.3, -0.25) is 10.1 Å². The van der Waals surface area contributed by atoms with E-state index < -0.39 is 0 Å². The maximum Gasteiger partial charge on any atom is 0.409 e. The lowest BCUT2D eigenvalue weighted by molar-refractivity contribution is 0.0969. The van der Waals surface area contributed by atoms with Crippen molar-refractivity contribution in [1.82, 2.24) is 19.9 Å². The second kappa shape index (κ2) is 11.5. The molecule has 3 heterocycles. The van der Waals surface area contributed by atoms with Crippen LogP contribution in [0.1, 0.15) is 41.0 Å². The molecule has 1 saturated heterocycles. The van der Waals surface area contributed by atoms with Gasteiger partial charge in [0.25, 0.3) is 5.91 Å². The summed E-state index contributed by atoms with van der Waals surface area (Å²) in [7, 11) is 0. The van der Waals surface area contributed by atoms with Crippen LogP contribution in [0.2, 0.25) is 0 Å². The SMILES string of the molecule is CCOC(=O)N1CCC(c2nc(-c3ccc(F)cc3)c(-c3ccnc(NC(=O)c4ccccc4)n3)s2)CC1. The van der Waals surface area contributed by atoms with E-state index in [1.165, 1.54) is 23.5 Å². The summed E-state index contributed by atoms with van der Waals surface area (Å²) in [6.45, 7) is 3.33. The number of hydrogen-bond donors (Lipinski definition) is 1. The number of nitrogens with one attached hydrogen (secondary N) is 1. The van der Waals surface area contributed by atoms with Crippen LogP contribution in [-0.2, 0) is 4.74 Å². The number of likely N-dealkylation sites (tertiary alicyclic amines) is 1. The summed E-state index contributed by atoms with van der Waals surface area (Å²) >= 11 is 1.52. The molecule has 0 bridgehead atoms. The van der Waals surface area contributed by atoms with E-state index in [0.717, 1.165) is 28.3 Å². The minimum absolute atomic E-state index is 0.165. The van der Waals surface area contributed by atoms with Crippen LogP contribution in [0.3, 0.4) is 0 Å². The predicted octanol–water partition coefficient (Wildman–Crippen LogP) is 5.99. The lowest BCUT2D eigenvalue weighted by Gasteiger charge is -2.30. The first-order valence-corrected chi connectivity index (χ1v) is 13.2. The third kappa shape index (κ3) is 5.70. The Hall–Kier alpha value is -4.18. The molecule has 1 N–H and O–H groups in total. The molecular formula is C28H26FN5O3S. The highest BCUT2D eigenvalue weighted by molar-refractivity contribution is 7.15. The largest absolute Gasteiger partial charge is 0.450 e. The van der Waals surface area contributed by atoms with Gasteiger partial charge >= 0.3 is 6.09 Å². The quantitative estimate of drug-likeness (QED) is 0.328. The maximum atomic E-state index is 13.7. The topological polar surface area (TPSA) is 97.3 Å². The van der Waals surface area contributed by atoms with Crippen LogP contribution in [0.15, 0.2) is 66.9 Å². The van der Waals surface area contributed by atoms with Crippen LogP contribution in [0, 0.1) is 5.82 Å². The molecule has 0 spiro atoms. The minimum atomic E-state index is -0.329. The maximum absolute atomic E-state index is 13.7. The van der Waals surface area contributed by atoms with Crippen LogP contribution in [0.25, 0.3) is 21.8 Å². The van der Waals surface area contributed by atoms with Crippen molar-refractivity contribution in [3.05, 3.63) is 83.2 Å². The number of benzene rings is 2. The van der Waals surface area contributed by atoms with E-state index in [4.69, 9.17) is 9.72 Å². The van der Waals surface area contributed by atoms with Crippen molar-refractivity contribution < 1.29 is 18.7 Å². The second-order valence-corrected chi connectivity index (χ2v) is 9.81. The molecular weight excluding hydrogens is 505 g/mol. The van der Waals surface area contributed by atoms with Crippen LogP contribution in [0.4, 0.5) is 15.1 Å². The zero-order valence-electron chi connectivity index (χ0n) is 20.8. The smallest absolute Gasteiger partial charge is 0.409 e. The number of aromatic nitrogens is 3. The number of thiazole rings is 1. The van der Waals surface area contributed by atoms with E-state index in [-0.39, 0.29) is 29.7 Å². The molecule has 2 aromatic heterocycles. The van der Waals surface area contributed by atoms with Gasteiger partial charge in [0.2, 0.25) is 5.95 Å². The summed E-state index contributed by atoms with van der Waals surface area (Å²) in [5.74, 6) is -0.290. The zero-order chi connectivity index (χ0) is 26.5. The van der Waals surface area contributed by atoms with Gasteiger partial charge < -0.3 is 9.64 Å². The van der Waals surface area contributed by atoms with E-state index in [0.29, 0.717) is 36.6 Å². The van der Waals surface area contributed by atoms with E-state index >= 15 is 0 Å². The highest BCUT2D eigenvalue weighted by Gasteiger charge is 2.28. The van der Waals surface area contributed by atoms with Gasteiger partial charge in [-0.1, -0.05) is 18.2 Å². The van der Waals surface area contributed by atoms with E-state index in [1.807, 2.05) is 6.07 Å². The molecule has 2 amide bonds. The summed E-state index contributed by atoms with van der Waals surface area (Å²) in [6.07, 6.45) is 2.83. The fourth-order valence-electron chi connectivity index (χ4n) is 4.32. The summed E-state index contributed by atoms with van der Waals surface area (Å²) < 4.78 is 18.8. The summed E-state index contributed by atoms with van der Waals surface area (Å²) in [5.41, 5.74) is 2.57. The Bertz CT molecular complexity index is 1420. The number of nitrogens with zero attached hydrogens (tertiary/aromatic N) is 4. The summed E-state index contributed by atoms with van der Waals surface area (Å²) in [6, 6.07) is 16.8. The molecule has 0 saturated carbocycles. The number of rotatable bonds is 6. The Morgan fingerprint density at radius 2 is 1.79 bits per heavy atom. The molecule has 4 aromatic rings. The molecule has 1 aliphatic rings. The predicted molar refractivity (Wildman–Crippen MR) is 143 cm³/mol. The van der Waals surface area contributed by atoms with Gasteiger partial charge in [-0.25, -0.2) is 24.1 Å². The van der Waals surface area contributed by atoms with Crippen LogP contribution < -0.4 is 5.32 Å². The molecule has 8 nitrogen and oxygen atoms in total. The molecule has 194 valence electrons. The number of anilines is 1. The number of carbonyl (C=O) groups is 2.